The molecule has 0 aliphatic heterocycles. The number of hydrogen-bond donors (Lipinski definition) is 3. The fourth-order valence-corrected chi connectivity index (χ4v) is 3.69. The number of aliphatic hydroxyl groups is 1. The number of carbonyl (C=O) groups excluding carboxylic acids is 1. The van der Waals surface area contributed by atoms with Crippen molar-refractivity contribution in [2.75, 3.05) is 5.73 Å². The number of pyridine rings is 1. The van der Waals surface area contributed by atoms with Gasteiger partial charge in [0.2, 0.25) is 0 Å². The number of aromatic nitrogens is 4. The van der Waals surface area contributed by atoms with Crippen molar-refractivity contribution in [2.45, 2.75) is 26.9 Å². The van der Waals surface area contributed by atoms with Crippen LogP contribution in [0.3, 0.4) is 0 Å². The average molecular weight is 390 g/mol. The molecule has 0 saturated carbocycles. The van der Waals surface area contributed by atoms with E-state index in [4.69, 9.17) is 11.5 Å². The molecular weight excluding hydrogens is 368 g/mol. The van der Waals surface area contributed by atoms with Crippen molar-refractivity contribution < 1.29 is 9.90 Å². The summed E-state index contributed by atoms with van der Waals surface area (Å²) >= 11 is 0. The predicted octanol–water partition coefficient (Wildman–Crippen LogP) is 2.28. The Morgan fingerprint density at radius 3 is 2.59 bits per heavy atom. The summed E-state index contributed by atoms with van der Waals surface area (Å²) in [6.07, 6.45) is 6.21. The Balaban J connectivity index is 2.00. The number of nitrogen functional groups attached to an aromatic ring is 1. The molecule has 3 heterocycles. The molecule has 0 aromatic carbocycles. The van der Waals surface area contributed by atoms with Crippen LogP contribution in [-0.2, 0) is 0 Å². The van der Waals surface area contributed by atoms with E-state index in [1.165, 1.54) is 0 Å². The third-order valence-corrected chi connectivity index (χ3v) is 5.25. The molecule has 148 valence electrons. The Bertz CT molecular complexity index is 1190. The number of nitrogens with zero attached hydrogens (tertiary/aromatic N) is 4. The van der Waals surface area contributed by atoms with Crippen molar-refractivity contribution in [3.63, 3.8) is 0 Å². The maximum absolute atomic E-state index is 12.2. The van der Waals surface area contributed by atoms with Crippen molar-refractivity contribution >= 4 is 28.6 Å². The lowest BCUT2D eigenvalue weighted by atomic mass is 9.91. The van der Waals surface area contributed by atoms with Crippen molar-refractivity contribution in [2.24, 2.45) is 11.7 Å². The van der Waals surface area contributed by atoms with Gasteiger partial charge < -0.3 is 16.6 Å². The number of aliphatic hydroxyl groups excluding tert-OH is 1. The molecule has 1 aliphatic rings. The Labute approximate surface area is 167 Å². The smallest absolute Gasteiger partial charge is 0.254 e. The fourth-order valence-electron chi connectivity index (χ4n) is 3.69. The van der Waals surface area contributed by atoms with Gasteiger partial charge in [0.15, 0.2) is 5.65 Å². The molecule has 5 N–H and O–H groups in total. The molecule has 1 aliphatic carbocycles. The Morgan fingerprint density at radius 2 is 1.93 bits per heavy atom. The standard InChI is InChI=1S/C21H22N6O2/c1-10-4-6-13(24-8-10)14-9-25-21-17(26-14)16(20(23)29)19(22)27(21)18-11(2)5-7-15(28)12(18)3/h4-9,12,15,28H,22H2,1-3H3,(H2,23,29)/t12-,15+/m0/s1. The molecule has 0 saturated heterocycles. The lowest BCUT2D eigenvalue weighted by Gasteiger charge is -2.27. The van der Waals surface area contributed by atoms with E-state index in [-0.39, 0.29) is 17.3 Å². The monoisotopic (exact) mass is 390 g/mol. The maximum Gasteiger partial charge on any atom is 0.254 e. The van der Waals surface area contributed by atoms with Crippen LogP contribution < -0.4 is 11.5 Å². The average Bonchev–Trinajstić information content (AvgIpc) is 2.97. The zero-order valence-electron chi connectivity index (χ0n) is 16.4. The molecule has 0 bridgehead atoms. The van der Waals surface area contributed by atoms with Gasteiger partial charge in [-0.3, -0.25) is 14.3 Å². The van der Waals surface area contributed by atoms with Crippen LogP contribution in [0.2, 0.25) is 0 Å². The summed E-state index contributed by atoms with van der Waals surface area (Å²) in [5, 5.41) is 10.3. The van der Waals surface area contributed by atoms with Gasteiger partial charge in [-0.15, -0.1) is 0 Å². The van der Waals surface area contributed by atoms with E-state index in [0.29, 0.717) is 22.6 Å². The van der Waals surface area contributed by atoms with Crippen LogP contribution in [-0.4, -0.2) is 36.6 Å². The van der Waals surface area contributed by atoms with Crippen molar-refractivity contribution in [1.82, 2.24) is 19.5 Å². The Hall–Kier alpha value is -3.52. The summed E-state index contributed by atoms with van der Waals surface area (Å²) < 4.78 is 1.67. The molecule has 1 amide bonds. The molecule has 3 aromatic rings. The Kier molecular flexibility index (Phi) is 4.43. The summed E-state index contributed by atoms with van der Waals surface area (Å²) in [5.41, 5.74) is 16.7. The highest BCUT2D eigenvalue weighted by Crippen LogP contribution is 2.37. The minimum atomic E-state index is -0.688. The number of aryl methyl sites for hydroxylation is 1. The van der Waals surface area contributed by atoms with Crippen molar-refractivity contribution in [3.05, 3.63) is 53.4 Å². The minimum Gasteiger partial charge on any atom is -0.388 e. The van der Waals surface area contributed by atoms with E-state index < -0.39 is 12.0 Å². The van der Waals surface area contributed by atoms with Crippen LogP contribution in [0.1, 0.15) is 29.8 Å². The minimum absolute atomic E-state index is 0.109. The zero-order chi connectivity index (χ0) is 20.9. The second-order valence-corrected chi connectivity index (χ2v) is 7.31. The molecule has 0 radical (unpaired) electrons. The second kappa shape index (κ2) is 6.82. The van der Waals surface area contributed by atoms with E-state index in [0.717, 1.165) is 16.8 Å². The maximum atomic E-state index is 12.2. The first-order valence-electron chi connectivity index (χ1n) is 9.26. The van der Waals surface area contributed by atoms with E-state index >= 15 is 0 Å². The van der Waals surface area contributed by atoms with Gasteiger partial charge >= 0.3 is 0 Å². The fraction of sp³-hybridized carbons (Fsp3) is 0.238. The lowest BCUT2D eigenvalue weighted by molar-refractivity contribution is 0.100. The molecule has 4 rings (SSSR count). The number of fused-ring (bicyclic) bond motifs is 1. The van der Waals surface area contributed by atoms with Gasteiger partial charge in [-0.1, -0.05) is 25.1 Å². The second-order valence-electron chi connectivity index (χ2n) is 7.31. The van der Waals surface area contributed by atoms with Gasteiger partial charge in [-0.05, 0) is 31.1 Å². The van der Waals surface area contributed by atoms with Crippen LogP contribution in [0.25, 0.3) is 28.2 Å². The molecule has 2 atom stereocenters. The van der Waals surface area contributed by atoms with Crippen LogP contribution in [0.15, 0.2) is 42.3 Å². The zero-order valence-corrected chi connectivity index (χ0v) is 16.4. The van der Waals surface area contributed by atoms with Gasteiger partial charge in [-0.2, -0.15) is 0 Å². The molecular formula is C21H22N6O2. The summed E-state index contributed by atoms with van der Waals surface area (Å²) in [4.78, 5) is 25.8. The van der Waals surface area contributed by atoms with Crippen LogP contribution in [0.5, 0.6) is 0 Å². The first kappa shape index (κ1) is 18.8. The van der Waals surface area contributed by atoms with Gasteiger partial charge in [0.25, 0.3) is 5.91 Å². The first-order chi connectivity index (χ1) is 13.8. The van der Waals surface area contributed by atoms with E-state index in [9.17, 15) is 9.90 Å². The number of anilines is 1. The van der Waals surface area contributed by atoms with Crippen molar-refractivity contribution in [3.8, 4) is 11.4 Å². The molecule has 8 nitrogen and oxygen atoms in total. The number of allylic oxidation sites excluding steroid dienone is 2. The Morgan fingerprint density at radius 1 is 1.17 bits per heavy atom. The number of hydrogen-bond acceptors (Lipinski definition) is 6. The quantitative estimate of drug-likeness (QED) is 0.628. The van der Waals surface area contributed by atoms with Crippen LogP contribution in [0, 0.1) is 12.8 Å². The van der Waals surface area contributed by atoms with Crippen LogP contribution in [0.4, 0.5) is 5.82 Å². The molecule has 0 unspecified atom stereocenters. The number of primary amides is 1. The number of carbonyl (C=O) groups is 1. The van der Waals surface area contributed by atoms with E-state index in [1.807, 2.05) is 39.0 Å². The molecule has 8 heteroatoms. The molecule has 3 aromatic heterocycles. The first-order valence-corrected chi connectivity index (χ1v) is 9.26. The van der Waals surface area contributed by atoms with Crippen LogP contribution >= 0.6 is 0 Å². The van der Waals surface area contributed by atoms with Gasteiger partial charge in [0.1, 0.15) is 22.6 Å². The largest absolute Gasteiger partial charge is 0.388 e. The van der Waals surface area contributed by atoms with Crippen molar-refractivity contribution in [1.29, 1.82) is 0 Å². The topological polar surface area (TPSA) is 133 Å². The third kappa shape index (κ3) is 2.98. The predicted molar refractivity (Wildman–Crippen MR) is 112 cm³/mol. The normalized spacial score (nSPS) is 19.2. The van der Waals surface area contributed by atoms with Gasteiger partial charge in [0, 0.05) is 17.8 Å². The third-order valence-electron chi connectivity index (χ3n) is 5.25. The summed E-state index contributed by atoms with van der Waals surface area (Å²) in [7, 11) is 0. The number of nitrogens with two attached hydrogens (primary N) is 2. The highest BCUT2D eigenvalue weighted by molar-refractivity contribution is 6.10. The summed E-state index contributed by atoms with van der Waals surface area (Å²) in [6.45, 7) is 5.75. The van der Waals surface area contributed by atoms with Gasteiger partial charge in [0.05, 0.1) is 18.0 Å². The lowest BCUT2D eigenvalue weighted by Crippen LogP contribution is -2.24. The summed E-state index contributed by atoms with van der Waals surface area (Å²) in [6, 6.07) is 3.76. The molecule has 0 spiro atoms. The van der Waals surface area contributed by atoms with E-state index in [1.54, 1.807) is 23.0 Å². The highest BCUT2D eigenvalue weighted by Gasteiger charge is 2.30. The number of amides is 1. The summed E-state index contributed by atoms with van der Waals surface area (Å²) in [5.74, 6) is -0.781. The molecule has 29 heavy (non-hydrogen) atoms. The SMILES string of the molecule is CC1=C(n2c(N)c(C(N)=O)c3nc(-c4ccc(C)cn4)cnc32)[C@@H](C)[C@H](O)C=C1. The van der Waals surface area contributed by atoms with E-state index in [2.05, 4.69) is 15.0 Å². The number of rotatable bonds is 3. The van der Waals surface area contributed by atoms with Gasteiger partial charge in [-0.25, -0.2) is 9.97 Å². The highest BCUT2D eigenvalue weighted by atomic mass is 16.3. The molecule has 0 fully saturated rings.